The summed E-state index contributed by atoms with van der Waals surface area (Å²) in [5.74, 6) is 14.3. The largest absolute Gasteiger partial charge is 0.0654 e. The van der Waals surface area contributed by atoms with E-state index in [0.29, 0.717) is 10.8 Å². The number of hydrogen-bond acceptors (Lipinski definition) is 0. The highest BCUT2D eigenvalue weighted by Crippen LogP contribution is 2.65. The van der Waals surface area contributed by atoms with Crippen LogP contribution in [0, 0.1) is 99.6 Å². The molecular weight excluding hydrogens is 673 g/mol. The van der Waals surface area contributed by atoms with Crippen LogP contribution in [0.15, 0.2) is 0 Å². The second-order valence-electron chi connectivity index (χ2n) is 24.1. The zero-order valence-corrected chi connectivity index (χ0v) is 41.6. The van der Waals surface area contributed by atoms with E-state index in [0.717, 1.165) is 88.8 Å². The highest BCUT2D eigenvalue weighted by molar-refractivity contribution is 5.07. The predicted molar refractivity (Wildman–Crippen MR) is 253 cm³/mol. The summed E-state index contributed by atoms with van der Waals surface area (Å²) in [5, 5.41) is 0. The summed E-state index contributed by atoms with van der Waals surface area (Å²) in [7, 11) is 0. The van der Waals surface area contributed by atoms with E-state index in [9.17, 15) is 0 Å². The topological polar surface area (TPSA) is 0 Å². The van der Waals surface area contributed by atoms with Crippen molar-refractivity contribution in [2.45, 2.75) is 258 Å². The second-order valence-corrected chi connectivity index (χ2v) is 24.1. The van der Waals surface area contributed by atoms with Gasteiger partial charge in [0.25, 0.3) is 0 Å². The first-order valence-electron chi connectivity index (χ1n) is 26.5. The lowest BCUT2D eigenvalue weighted by Crippen LogP contribution is -2.27. The molecule has 14 unspecified atom stereocenters. The maximum Gasteiger partial charge on any atom is -0.0295 e. The quantitative estimate of drug-likeness (QED) is 0.0571. The molecule has 14 atom stereocenters. The molecule has 332 valence electrons. The molecule has 0 spiro atoms. The van der Waals surface area contributed by atoms with Gasteiger partial charge in [-0.05, 0) is 132 Å². The molecule has 0 bridgehead atoms. The second kappa shape index (κ2) is 24.4. The fourth-order valence-electron chi connectivity index (χ4n) is 12.8. The van der Waals surface area contributed by atoms with E-state index in [1.807, 2.05) is 0 Å². The van der Waals surface area contributed by atoms with Crippen LogP contribution in [0.1, 0.15) is 258 Å². The van der Waals surface area contributed by atoms with Crippen molar-refractivity contribution in [3.05, 3.63) is 0 Å². The first kappa shape index (κ1) is 50.4. The molecule has 0 heterocycles. The molecule has 56 heavy (non-hydrogen) atoms. The Balaban J connectivity index is 1.36. The van der Waals surface area contributed by atoms with Crippen LogP contribution in [0.3, 0.4) is 0 Å². The van der Waals surface area contributed by atoms with Gasteiger partial charge in [0, 0.05) is 0 Å². The van der Waals surface area contributed by atoms with Crippen molar-refractivity contribution in [3.8, 4) is 0 Å². The van der Waals surface area contributed by atoms with E-state index in [-0.39, 0.29) is 0 Å². The Labute approximate surface area is 356 Å². The summed E-state index contributed by atoms with van der Waals surface area (Å²) in [6, 6.07) is 0. The van der Waals surface area contributed by atoms with Gasteiger partial charge in [-0.2, -0.15) is 0 Å². The van der Waals surface area contributed by atoms with Crippen molar-refractivity contribution in [3.63, 3.8) is 0 Å². The summed E-state index contributed by atoms with van der Waals surface area (Å²) in [6.07, 6.45) is 35.2. The smallest absolute Gasteiger partial charge is 0.0295 e. The molecular formula is C56H108. The van der Waals surface area contributed by atoms with Crippen LogP contribution < -0.4 is 0 Å². The third-order valence-electron chi connectivity index (χ3n) is 18.6. The molecule has 0 nitrogen and oxygen atoms in total. The highest BCUT2D eigenvalue weighted by Gasteiger charge is 2.59. The average molecular weight is 781 g/mol. The zero-order chi connectivity index (χ0) is 41.6. The van der Waals surface area contributed by atoms with Crippen molar-refractivity contribution in [1.82, 2.24) is 0 Å². The third-order valence-corrected chi connectivity index (χ3v) is 18.6. The average Bonchev–Trinajstić information content (AvgIpc) is 4.08. The Bertz CT molecular complexity index is 1020. The van der Waals surface area contributed by atoms with E-state index in [4.69, 9.17) is 0 Å². The molecule has 3 saturated carbocycles. The van der Waals surface area contributed by atoms with Crippen molar-refractivity contribution < 1.29 is 0 Å². The number of rotatable bonds is 34. The van der Waals surface area contributed by atoms with Crippen LogP contribution in [-0.2, 0) is 0 Å². The Kier molecular flexibility index (Phi) is 22.0. The monoisotopic (exact) mass is 781 g/mol. The van der Waals surface area contributed by atoms with Crippen molar-refractivity contribution in [2.24, 2.45) is 99.6 Å². The fourth-order valence-corrected chi connectivity index (χ4v) is 12.8. The molecule has 0 aliphatic heterocycles. The Morgan fingerprint density at radius 2 is 1.16 bits per heavy atom. The molecule has 3 aliphatic carbocycles. The van der Waals surface area contributed by atoms with Gasteiger partial charge in [-0.15, -0.1) is 0 Å². The summed E-state index contributed by atoms with van der Waals surface area (Å²) >= 11 is 0. The SMILES string of the molecule is CCCCC1CC1C(CCCCC(C)C(C)C(C)CC)C(C)(C)CCCCC1CC1CCCCC(C)C(C)(C)C1C(CCC(C)C)C1C(C)CCCC(C)CC. The van der Waals surface area contributed by atoms with Gasteiger partial charge in [-0.1, -0.05) is 226 Å². The lowest BCUT2D eigenvalue weighted by molar-refractivity contribution is 0.141. The number of hydrogen-bond donors (Lipinski definition) is 0. The van der Waals surface area contributed by atoms with Crippen LogP contribution in [0.5, 0.6) is 0 Å². The van der Waals surface area contributed by atoms with Gasteiger partial charge in [-0.3, -0.25) is 0 Å². The minimum Gasteiger partial charge on any atom is -0.0654 e. The maximum atomic E-state index is 2.69. The van der Waals surface area contributed by atoms with E-state index in [1.165, 1.54) is 141 Å². The van der Waals surface area contributed by atoms with Crippen molar-refractivity contribution >= 4 is 0 Å². The van der Waals surface area contributed by atoms with Gasteiger partial charge >= 0.3 is 0 Å². The first-order valence-corrected chi connectivity index (χ1v) is 26.5. The van der Waals surface area contributed by atoms with Crippen LogP contribution in [0.2, 0.25) is 0 Å². The van der Waals surface area contributed by atoms with Gasteiger partial charge in [0.15, 0.2) is 0 Å². The first-order chi connectivity index (χ1) is 26.5. The van der Waals surface area contributed by atoms with Crippen LogP contribution >= 0.6 is 0 Å². The molecule has 3 rings (SSSR count). The Hall–Kier alpha value is 0. The van der Waals surface area contributed by atoms with Gasteiger partial charge in [0.05, 0.1) is 0 Å². The molecule has 3 aliphatic rings. The molecule has 0 aromatic carbocycles. The van der Waals surface area contributed by atoms with Crippen molar-refractivity contribution in [1.29, 1.82) is 0 Å². The Morgan fingerprint density at radius 3 is 1.79 bits per heavy atom. The predicted octanol–water partition coefficient (Wildman–Crippen LogP) is 18.9. The molecule has 0 amide bonds. The van der Waals surface area contributed by atoms with Gasteiger partial charge in [0.1, 0.15) is 0 Å². The lowest BCUT2D eigenvalue weighted by Gasteiger charge is -2.36. The van der Waals surface area contributed by atoms with Gasteiger partial charge in [-0.25, -0.2) is 0 Å². The van der Waals surface area contributed by atoms with Gasteiger partial charge < -0.3 is 0 Å². The maximum absolute atomic E-state index is 2.69. The van der Waals surface area contributed by atoms with Gasteiger partial charge in [0.2, 0.25) is 0 Å². The van der Waals surface area contributed by atoms with Crippen LogP contribution in [-0.4, -0.2) is 0 Å². The molecule has 0 aromatic rings. The third kappa shape index (κ3) is 16.1. The highest BCUT2D eigenvalue weighted by atomic mass is 14.6. The lowest BCUT2D eigenvalue weighted by atomic mass is 9.69. The number of unbranched alkanes of at least 4 members (excludes halogenated alkanes) is 4. The Morgan fingerprint density at radius 1 is 0.536 bits per heavy atom. The normalized spacial score (nSPS) is 28.8. The molecule has 0 saturated heterocycles. The fraction of sp³-hybridized carbons (Fsp3) is 1.00. The standard InChI is InChI=1S/C56H108/c1-16-19-31-49-39-51(49)52(34-23-20-28-43(8)46(11)42(7)18-3)55(12,13)37-25-24-33-48-38-47(48)32-22-21-30-45(10)56(14,15)54-50(36-35-40(4)5)53(54)44(9)29-26-27-41(6)17-2/h40-54H,16-39H2,1-15H3. The molecule has 0 heteroatoms. The summed E-state index contributed by atoms with van der Waals surface area (Å²) in [5.41, 5.74) is 1.02. The zero-order valence-electron chi connectivity index (χ0n) is 41.6. The van der Waals surface area contributed by atoms with Crippen molar-refractivity contribution in [2.75, 3.05) is 0 Å². The van der Waals surface area contributed by atoms with E-state index >= 15 is 0 Å². The molecule has 3 fully saturated rings. The summed E-state index contributed by atoms with van der Waals surface area (Å²) in [4.78, 5) is 0. The minimum absolute atomic E-state index is 0.493. The molecule has 0 N–H and O–H groups in total. The summed E-state index contributed by atoms with van der Waals surface area (Å²) < 4.78 is 0. The molecule has 0 radical (unpaired) electrons. The van der Waals surface area contributed by atoms with E-state index in [1.54, 1.807) is 12.8 Å². The van der Waals surface area contributed by atoms with Crippen LogP contribution in [0.4, 0.5) is 0 Å². The van der Waals surface area contributed by atoms with Crippen LogP contribution in [0.25, 0.3) is 0 Å². The van der Waals surface area contributed by atoms with E-state index < -0.39 is 0 Å². The molecule has 0 aromatic heterocycles. The minimum atomic E-state index is 0.493. The van der Waals surface area contributed by atoms with E-state index in [2.05, 4.69) is 104 Å². The summed E-state index contributed by atoms with van der Waals surface area (Å²) in [6.45, 7) is 38.0.